The zero-order chi connectivity index (χ0) is 14.8. The molecule has 0 N–H and O–H groups in total. The summed E-state index contributed by atoms with van der Waals surface area (Å²) < 4.78 is 11.7. The molecule has 0 aliphatic heterocycles. The highest BCUT2D eigenvalue weighted by Crippen LogP contribution is 2.29. The molecule has 2 nitrogen and oxygen atoms in total. The number of furan rings is 1. The monoisotopic (exact) mass is 286 g/mol. The maximum Gasteiger partial charge on any atom is 0.135 e. The number of para-hydroxylation sites is 2. The van der Waals surface area contributed by atoms with Crippen LogP contribution in [-0.4, -0.2) is 0 Å². The first kappa shape index (κ1) is 12.7. The molecule has 106 valence electrons. The van der Waals surface area contributed by atoms with Crippen LogP contribution in [0.5, 0.6) is 11.5 Å². The molecular weight excluding hydrogens is 272 g/mol. The first-order chi connectivity index (χ1) is 10.9. The fourth-order valence-corrected chi connectivity index (χ4v) is 2.44. The standard InChI is InChI=1S/C20H14O2/c1-2-7-17(8-3-1)21-18-12-10-15(11-13-18)20-14-16-6-4-5-9-19(16)22-20/h1-14H. The Labute approximate surface area is 128 Å². The van der Waals surface area contributed by atoms with Crippen LogP contribution in [0.4, 0.5) is 0 Å². The third-order valence-electron chi connectivity index (χ3n) is 3.54. The van der Waals surface area contributed by atoms with Crippen molar-refractivity contribution in [2.24, 2.45) is 0 Å². The fourth-order valence-electron chi connectivity index (χ4n) is 2.44. The molecule has 22 heavy (non-hydrogen) atoms. The summed E-state index contributed by atoms with van der Waals surface area (Å²) in [4.78, 5) is 0. The largest absolute Gasteiger partial charge is 0.457 e. The fraction of sp³-hybridized carbons (Fsp3) is 0. The molecule has 4 rings (SSSR count). The number of benzene rings is 3. The number of hydrogen-bond acceptors (Lipinski definition) is 2. The summed E-state index contributed by atoms with van der Waals surface area (Å²) in [6, 6.07) is 27.8. The Bertz CT molecular complexity index is 857. The first-order valence-corrected chi connectivity index (χ1v) is 7.20. The van der Waals surface area contributed by atoms with Crippen LogP contribution in [0.3, 0.4) is 0 Å². The highest BCUT2D eigenvalue weighted by atomic mass is 16.5. The summed E-state index contributed by atoms with van der Waals surface area (Å²) in [6.07, 6.45) is 0. The second-order valence-electron chi connectivity index (χ2n) is 5.09. The lowest BCUT2D eigenvalue weighted by Gasteiger charge is -2.05. The molecule has 1 aromatic heterocycles. The normalized spacial score (nSPS) is 10.7. The van der Waals surface area contributed by atoms with Gasteiger partial charge in [0.1, 0.15) is 22.8 Å². The average Bonchev–Trinajstić information content (AvgIpc) is 3.00. The lowest BCUT2D eigenvalue weighted by Crippen LogP contribution is -1.83. The Morgan fingerprint density at radius 1 is 0.636 bits per heavy atom. The lowest BCUT2D eigenvalue weighted by atomic mass is 10.1. The highest BCUT2D eigenvalue weighted by Gasteiger charge is 2.06. The third-order valence-corrected chi connectivity index (χ3v) is 3.54. The maximum atomic E-state index is 5.87. The van der Waals surface area contributed by atoms with Crippen LogP contribution in [-0.2, 0) is 0 Å². The molecule has 0 aliphatic rings. The van der Waals surface area contributed by atoms with Crippen molar-refractivity contribution in [3.63, 3.8) is 0 Å². The van der Waals surface area contributed by atoms with Gasteiger partial charge in [-0.05, 0) is 48.5 Å². The van der Waals surface area contributed by atoms with Crippen molar-refractivity contribution in [1.29, 1.82) is 0 Å². The predicted molar refractivity (Wildman–Crippen MR) is 88.2 cm³/mol. The zero-order valence-corrected chi connectivity index (χ0v) is 11.9. The van der Waals surface area contributed by atoms with Gasteiger partial charge in [0.2, 0.25) is 0 Å². The van der Waals surface area contributed by atoms with Gasteiger partial charge in [0.25, 0.3) is 0 Å². The Morgan fingerprint density at radius 2 is 1.32 bits per heavy atom. The van der Waals surface area contributed by atoms with Crippen molar-refractivity contribution in [2.45, 2.75) is 0 Å². The van der Waals surface area contributed by atoms with Crippen molar-refractivity contribution >= 4 is 11.0 Å². The number of rotatable bonds is 3. The van der Waals surface area contributed by atoms with Crippen LogP contribution < -0.4 is 4.74 Å². The van der Waals surface area contributed by atoms with Gasteiger partial charge in [0.05, 0.1) is 0 Å². The van der Waals surface area contributed by atoms with Gasteiger partial charge in [-0.15, -0.1) is 0 Å². The van der Waals surface area contributed by atoms with Crippen molar-refractivity contribution in [3.8, 4) is 22.8 Å². The first-order valence-electron chi connectivity index (χ1n) is 7.20. The Hall–Kier alpha value is -3.00. The average molecular weight is 286 g/mol. The van der Waals surface area contributed by atoms with Gasteiger partial charge in [-0.1, -0.05) is 36.4 Å². The van der Waals surface area contributed by atoms with E-state index in [1.54, 1.807) is 0 Å². The minimum Gasteiger partial charge on any atom is -0.457 e. The van der Waals surface area contributed by atoms with E-state index in [-0.39, 0.29) is 0 Å². The van der Waals surface area contributed by atoms with Gasteiger partial charge in [0, 0.05) is 10.9 Å². The van der Waals surface area contributed by atoms with Gasteiger partial charge in [-0.25, -0.2) is 0 Å². The van der Waals surface area contributed by atoms with Crippen LogP contribution in [0.15, 0.2) is 89.3 Å². The van der Waals surface area contributed by atoms with E-state index in [0.717, 1.165) is 33.8 Å². The van der Waals surface area contributed by atoms with Crippen LogP contribution in [0.2, 0.25) is 0 Å². The predicted octanol–water partition coefficient (Wildman–Crippen LogP) is 5.89. The molecule has 0 fully saturated rings. The quantitative estimate of drug-likeness (QED) is 0.468. The molecule has 0 bridgehead atoms. The second-order valence-corrected chi connectivity index (χ2v) is 5.09. The minimum atomic E-state index is 0.811. The molecule has 0 unspecified atom stereocenters. The van der Waals surface area contributed by atoms with Gasteiger partial charge in [-0.3, -0.25) is 0 Å². The summed E-state index contributed by atoms with van der Waals surface area (Å²) in [7, 11) is 0. The molecule has 0 aliphatic carbocycles. The van der Waals surface area contributed by atoms with Crippen LogP contribution in [0.1, 0.15) is 0 Å². The number of fused-ring (bicyclic) bond motifs is 1. The van der Waals surface area contributed by atoms with Gasteiger partial charge in [0.15, 0.2) is 0 Å². The van der Waals surface area contributed by atoms with Gasteiger partial charge in [-0.2, -0.15) is 0 Å². The third kappa shape index (κ3) is 2.47. The summed E-state index contributed by atoms with van der Waals surface area (Å²) in [5.74, 6) is 2.51. The molecule has 2 heteroatoms. The van der Waals surface area contributed by atoms with Crippen molar-refractivity contribution in [2.75, 3.05) is 0 Å². The molecule has 0 saturated carbocycles. The van der Waals surface area contributed by atoms with Crippen molar-refractivity contribution in [3.05, 3.63) is 84.9 Å². The van der Waals surface area contributed by atoms with E-state index in [2.05, 4.69) is 12.1 Å². The lowest BCUT2D eigenvalue weighted by molar-refractivity contribution is 0.482. The molecule has 0 amide bonds. The summed E-state index contributed by atoms with van der Waals surface area (Å²) in [5, 5.41) is 1.11. The van der Waals surface area contributed by atoms with E-state index in [1.807, 2.05) is 72.8 Å². The molecule has 0 saturated heterocycles. The Kier molecular flexibility index (Phi) is 3.13. The summed E-state index contributed by atoms with van der Waals surface area (Å²) in [6.45, 7) is 0. The van der Waals surface area contributed by atoms with E-state index < -0.39 is 0 Å². The molecule has 1 heterocycles. The van der Waals surface area contributed by atoms with E-state index in [0.29, 0.717) is 0 Å². The Morgan fingerprint density at radius 3 is 2.09 bits per heavy atom. The molecule has 4 aromatic rings. The second kappa shape index (κ2) is 5.41. The van der Waals surface area contributed by atoms with Crippen LogP contribution in [0.25, 0.3) is 22.3 Å². The summed E-state index contributed by atoms with van der Waals surface area (Å²) in [5.41, 5.74) is 1.94. The molecule has 0 radical (unpaired) electrons. The van der Waals surface area contributed by atoms with Crippen LogP contribution in [0, 0.1) is 0 Å². The zero-order valence-electron chi connectivity index (χ0n) is 11.9. The Balaban J connectivity index is 1.61. The number of ether oxygens (including phenoxy) is 1. The smallest absolute Gasteiger partial charge is 0.135 e. The minimum absolute atomic E-state index is 0.811. The molecular formula is C20H14O2. The van der Waals surface area contributed by atoms with Crippen LogP contribution >= 0.6 is 0 Å². The molecule has 3 aromatic carbocycles. The highest BCUT2D eigenvalue weighted by molar-refractivity contribution is 5.82. The van der Waals surface area contributed by atoms with E-state index in [1.165, 1.54) is 0 Å². The topological polar surface area (TPSA) is 22.4 Å². The number of hydrogen-bond donors (Lipinski definition) is 0. The van der Waals surface area contributed by atoms with Gasteiger partial charge < -0.3 is 9.15 Å². The SMILES string of the molecule is c1ccc(Oc2ccc(-c3cc4ccccc4o3)cc2)cc1. The van der Waals surface area contributed by atoms with E-state index in [9.17, 15) is 0 Å². The maximum absolute atomic E-state index is 5.87. The molecule has 0 spiro atoms. The van der Waals surface area contributed by atoms with E-state index >= 15 is 0 Å². The molecule has 0 atom stereocenters. The van der Waals surface area contributed by atoms with Crippen molar-refractivity contribution in [1.82, 2.24) is 0 Å². The summed E-state index contributed by atoms with van der Waals surface area (Å²) >= 11 is 0. The van der Waals surface area contributed by atoms with E-state index in [4.69, 9.17) is 9.15 Å². The van der Waals surface area contributed by atoms with Gasteiger partial charge >= 0.3 is 0 Å². The van der Waals surface area contributed by atoms with Crippen molar-refractivity contribution < 1.29 is 9.15 Å².